The van der Waals surface area contributed by atoms with Gasteiger partial charge in [-0.15, -0.1) is 0 Å². The van der Waals surface area contributed by atoms with Gasteiger partial charge in [-0.3, -0.25) is 14.8 Å². The Bertz CT molecular complexity index is 514. The van der Waals surface area contributed by atoms with Gasteiger partial charge in [0.2, 0.25) is 5.91 Å². The van der Waals surface area contributed by atoms with E-state index in [1.807, 2.05) is 6.20 Å². The van der Waals surface area contributed by atoms with Gasteiger partial charge in [0.05, 0.1) is 18.9 Å². The van der Waals surface area contributed by atoms with Crippen molar-refractivity contribution >= 4 is 5.91 Å². The minimum Gasteiger partial charge on any atom is -0.375 e. The molecule has 0 radical (unpaired) electrons. The molecule has 3 fully saturated rings. The summed E-state index contributed by atoms with van der Waals surface area (Å²) in [4.78, 5) is 14.6. The van der Waals surface area contributed by atoms with Crippen molar-refractivity contribution in [3.05, 3.63) is 18.0 Å². The Balaban J connectivity index is 1.23. The number of H-pyrrole nitrogens is 1. The highest BCUT2D eigenvalue weighted by Crippen LogP contribution is 2.37. The summed E-state index contributed by atoms with van der Waals surface area (Å²) in [7, 11) is 0. The van der Waals surface area contributed by atoms with E-state index in [1.165, 1.54) is 12.8 Å². The molecule has 0 spiro atoms. The summed E-state index contributed by atoms with van der Waals surface area (Å²) in [6.07, 6.45) is 9.02. The van der Waals surface area contributed by atoms with Gasteiger partial charge >= 0.3 is 0 Å². The van der Waals surface area contributed by atoms with Crippen molar-refractivity contribution in [2.24, 2.45) is 5.92 Å². The van der Waals surface area contributed by atoms with E-state index in [1.54, 1.807) is 6.20 Å². The monoisotopic (exact) mass is 304 g/mol. The predicted octanol–water partition coefficient (Wildman–Crippen LogP) is 0.710. The van der Waals surface area contributed by atoms with Crippen molar-refractivity contribution in [3.63, 3.8) is 0 Å². The van der Waals surface area contributed by atoms with Gasteiger partial charge in [-0.25, -0.2) is 0 Å². The quantitative estimate of drug-likeness (QED) is 0.840. The van der Waals surface area contributed by atoms with Crippen molar-refractivity contribution in [1.29, 1.82) is 0 Å². The Kier molecular flexibility index (Phi) is 3.88. The average molecular weight is 304 g/mol. The van der Waals surface area contributed by atoms with Gasteiger partial charge in [0, 0.05) is 37.8 Å². The highest BCUT2D eigenvalue weighted by atomic mass is 16.5. The number of aromatic amines is 1. The highest BCUT2D eigenvalue weighted by Gasteiger charge is 2.42. The molecule has 120 valence electrons. The molecular formula is C16H24N4O2. The van der Waals surface area contributed by atoms with Crippen molar-refractivity contribution in [2.45, 2.75) is 50.3 Å². The van der Waals surface area contributed by atoms with Crippen LogP contribution in [0.15, 0.2) is 12.4 Å². The van der Waals surface area contributed by atoms with Crippen LogP contribution in [-0.4, -0.2) is 58.9 Å². The lowest BCUT2D eigenvalue weighted by atomic mass is 10.1. The number of rotatable bonds is 5. The summed E-state index contributed by atoms with van der Waals surface area (Å²) in [6.45, 7) is 2.87. The van der Waals surface area contributed by atoms with E-state index >= 15 is 0 Å². The second-order valence-electron chi connectivity index (χ2n) is 6.92. The number of fused-ring (bicyclic) bond motifs is 1. The van der Waals surface area contributed by atoms with E-state index in [0.717, 1.165) is 44.0 Å². The molecule has 1 saturated carbocycles. The molecule has 0 unspecified atom stereocenters. The third-order valence-electron chi connectivity index (χ3n) is 5.15. The maximum absolute atomic E-state index is 12.1. The lowest BCUT2D eigenvalue weighted by Crippen LogP contribution is -2.47. The zero-order valence-electron chi connectivity index (χ0n) is 12.8. The molecule has 0 aromatic carbocycles. The SMILES string of the molecule is O=C(CCc1cn[nH]c1)N[C@@H]1C[C@H]2CO[C@@H](C3CC3)CN2C1. The summed E-state index contributed by atoms with van der Waals surface area (Å²) in [5, 5.41) is 9.87. The first-order valence-electron chi connectivity index (χ1n) is 8.40. The normalized spacial score (nSPS) is 31.9. The van der Waals surface area contributed by atoms with Crippen LogP contribution in [0, 0.1) is 5.92 Å². The van der Waals surface area contributed by atoms with Crippen LogP contribution in [-0.2, 0) is 16.0 Å². The van der Waals surface area contributed by atoms with Gasteiger partial charge in [-0.05, 0) is 37.2 Å². The average Bonchev–Trinajstić information content (AvgIpc) is 3.08. The van der Waals surface area contributed by atoms with Crippen molar-refractivity contribution < 1.29 is 9.53 Å². The fourth-order valence-electron chi connectivity index (χ4n) is 3.73. The lowest BCUT2D eigenvalue weighted by Gasteiger charge is -2.35. The fourth-order valence-corrected chi connectivity index (χ4v) is 3.73. The summed E-state index contributed by atoms with van der Waals surface area (Å²) >= 11 is 0. The topological polar surface area (TPSA) is 70.2 Å². The number of hydrogen-bond donors (Lipinski definition) is 2. The van der Waals surface area contributed by atoms with Crippen LogP contribution < -0.4 is 5.32 Å². The van der Waals surface area contributed by atoms with E-state index in [2.05, 4.69) is 20.4 Å². The van der Waals surface area contributed by atoms with Crippen LogP contribution >= 0.6 is 0 Å². The standard InChI is InChI=1S/C16H24N4O2/c21-16(4-1-11-6-17-18-7-11)19-13-5-14-10-22-15(12-2-3-12)9-20(14)8-13/h6-7,12-15H,1-5,8-10H2,(H,17,18)(H,19,21)/t13-,14+,15-/m1/s1. The van der Waals surface area contributed by atoms with Crippen LogP contribution in [0.25, 0.3) is 0 Å². The molecule has 2 N–H and O–H groups in total. The Labute approximate surface area is 130 Å². The molecule has 22 heavy (non-hydrogen) atoms. The van der Waals surface area contributed by atoms with E-state index < -0.39 is 0 Å². The van der Waals surface area contributed by atoms with Gasteiger partial charge in [0.1, 0.15) is 0 Å². The molecule has 3 heterocycles. The molecule has 4 rings (SSSR count). The Hall–Kier alpha value is -1.40. The molecule has 1 aliphatic carbocycles. The third kappa shape index (κ3) is 3.17. The van der Waals surface area contributed by atoms with Crippen LogP contribution in [0.4, 0.5) is 0 Å². The smallest absolute Gasteiger partial charge is 0.220 e. The number of aryl methyl sites for hydroxylation is 1. The summed E-state index contributed by atoms with van der Waals surface area (Å²) in [5.74, 6) is 0.940. The maximum Gasteiger partial charge on any atom is 0.220 e. The first-order valence-corrected chi connectivity index (χ1v) is 8.40. The number of morpholine rings is 1. The van der Waals surface area contributed by atoms with E-state index in [0.29, 0.717) is 18.6 Å². The highest BCUT2D eigenvalue weighted by molar-refractivity contribution is 5.76. The molecule has 1 amide bonds. The van der Waals surface area contributed by atoms with Crippen LogP contribution in [0.2, 0.25) is 0 Å². The number of carbonyl (C=O) groups excluding carboxylic acids is 1. The van der Waals surface area contributed by atoms with Crippen LogP contribution in [0.3, 0.4) is 0 Å². The molecule has 1 aromatic rings. The first kappa shape index (κ1) is 14.2. The summed E-state index contributed by atoms with van der Waals surface area (Å²) in [5.41, 5.74) is 1.08. The molecule has 3 atom stereocenters. The Morgan fingerprint density at radius 3 is 3.14 bits per heavy atom. The number of nitrogens with zero attached hydrogens (tertiary/aromatic N) is 2. The maximum atomic E-state index is 12.1. The second kappa shape index (κ2) is 6.01. The van der Waals surface area contributed by atoms with E-state index in [-0.39, 0.29) is 11.9 Å². The van der Waals surface area contributed by atoms with Gasteiger partial charge < -0.3 is 10.1 Å². The largest absolute Gasteiger partial charge is 0.375 e. The molecule has 2 saturated heterocycles. The van der Waals surface area contributed by atoms with Crippen LogP contribution in [0.5, 0.6) is 0 Å². The Morgan fingerprint density at radius 1 is 1.45 bits per heavy atom. The number of aromatic nitrogens is 2. The van der Waals surface area contributed by atoms with E-state index in [9.17, 15) is 4.79 Å². The lowest BCUT2D eigenvalue weighted by molar-refractivity contribution is -0.121. The summed E-state index contributed by atoms with van der Waals surface area (Å²) < 4.78 is 6.00. The van der Waals surface area contributed by atoms with Crippen molar-refractivity contribution in [3.8, 4) is 0 Å². The zero-order chi connectivity index (χ0) is 14.9. The number of amides is 1. The van der Waals surface area contributed by atoms with Crippen LogP contribution in [0.1, 0.15) is 31.2 Å². The number of carbonyl (C=O) groups is 1. The molecule has 2 aliphatic heterocycles. The molecule has 1 aromatic heterocycles. The fraction of sp³-hybridized carbons (Fsp3) is 0.750. The van der Waals surface area contributed by atoms with Gasteiger partial charge in [-0.1, -0.05) is 0 Å². The minimum atomic E-state index is 0.144. The zero-order valence-corrected chi connectivity index (χ0v) is 12.8. The first-order chi connectivity index (χ1) is 10.8. The number of ether oxygens (including phenoxy) is 1. The third-order valence-corrected chi connectivity index (χ3v) is 5.15. The minimum absolute atomic E-state index is 0.144. The second-order valence-corrected chi connectivity index (χ2v) is 6.92. The number of hydrogen-bond acceptors (Lipinski definition) is 4. The van der Waals surface area contributed by atoms with Gasteiger partial charge in [0.15, 0.2) is 0 Å². The summed E-state index contributed by atoms with van der Waals surface area (Å²) in [6, 6.07) is 0.776. The molecule has 0 bridgehead atoms. The number of nitrogens with one attached hydrogen (secondary N) is 2. The predicted molar refractivity (Wildman–Crippen MR) is 81.3 cm³/mol. The molecular weight excluding hydrogens is 280 g/mol. The van der Waals surface area contributed by atoms with E-state index in [4.69, 9.17) is 4.74 Å². The molecule has 3 aliphatic rings. The Morgan fingerprint density at radius 2 is 2.36 bits per heavy atom. The molecule has 6 heteroatoms. The van der Waals surface area contributed by atoms with Crippen molar-refractivity contribution in [1.82, 2.24) is 20.4 Å². The van der Waals surface area contributed by atoms with Gasteiger partial charge in [-0.2, -0.15) is 5.10 Å². The van der Waals surface area contributed by atoms with Crippen molar-refractivity contribution in [2.75, 3.05) is 19.7 Å². The van der Waals surface area contributed by atoms with Gasteiger partial charge in [0.25, 0.3) is 0 Å². The molecule has 6 nitrogen and oxygen atoms in total.